The number of carbonyl (C=O) groups is 2. The molecule has 0 aliphatic carbocycles. The van der Waals surface area contributed by atoms with Crippen LogP contribution in [-0.4, -0.2) is 86.5 Å². The van der Waals surface area contributed by atoms with Crippen molar-refractivity contribution in [3.05, 3.63) is 93.2 Å². The fraction of sp³-hybridized carbons (Fsp3) is 0.459. The third-order valence-electron chi connectivity index (χ3n) is 9.62. The van der Waals surface area contributed by atoms with Gasteiger partial charge in [0, 0.05) is 88.8 Å². The summed E-state index contributed by atoms with van der Waals surface area (Å²) >= 11 is 12.8. The maximum Gasteiger partial charge on any atom is 0.326 e. The number of piperazine rings is 1. The monoisotopic (exact) mass is 725 g/mol. The largest absolute Gasteiger partial charge is 0.493 e. The van der Waals surface area contributed by atoms with Gasteiger partial charge in [-0.05, 0) is 56.2 Å². The number of aliphatic imine (C=N–C) groups is 1. The minimum atomic E-state index is -1.07. The summed E-state index contributed by atoms with van der Waals surface area (Å²) in [7, 11) is -1.06. The van der Waals surface area contributed by atoms with Gasteiger partial charge in [-0.15, -0.1) is 0 Å². The molecule has 1 saturated heterocycles. The normalized spacial score (nSPS) is 21.8. The highest BCUT2D eigenvalue weighted by atomic mass is 35.5. The molecule has 0 radical (unpaired) electrons. The molecule has 1 aromatic heterocycles. The van der Waals surface area contributed by atoms with E-state index >= 15 is 4.79 Å². The average Bonchev–Trinajstić information content (AvgIpc) is 3.31. The van der Waals surface area contributed by atoms with Crippen molar-refractivity contribution in [1.82, 2.24) is 19.7 Å². The highest BCUT2D eigenvalue weighted by Gasteiger charge is 2.60. The molecule has 49 heavy (non-hydrogen) atoms. The first kappa shape index (κ1) is 36.8. The molecule has 9 nitrogen and oxygen atoms in total. The summed E-state index contributed by atoms with van der Waals surface area (Å²) in [5, 5.41) is 1.17. The van der Waals surface area contributed by atoms with Crippen molar-refractivity contribution in [3.63, 3.8) is 0 Å². The topological polar surface area (TPSA) is 95.4 Å². The van der Waals surface area contributed by atoms with E-state index in [1.807, 2.05) is 75.4 Å². The fourth-order valence-electron chi connectivity index (χ4n) is 6.53. The van der Waals surface area contributed by atoms with Gasteiger partial charge in [-0.1, -0.05) is 68.2 Å². The Morgan fingerprint density at radius 1 is 0.918 bits per heavy atom. The van der Waals surface area contributed by atoms with E-state index in [0.29, 0.717) is 65.7 Å². The molecule has 262 valence electrons. The van der Waals surface area contributed by atoms with Crippen LogP contribution in [0.1, 0.15) is 70.3 Å². The third kappa shape index (κ3) is 7.23. The van der Waals surface area contributed by atoms with Gasteiger partial charge < -0.3 is 14.5 Å². The van der Waals surface area contributed by atoms with Crippen molar-refractivity contribution in [2.45, 2.75) is 64.5 Å². The zero-order chi connectivity index (χ0) is 35.7. The van der Waals surface area contributed by atoms with E-state index in [1.165, 1.54) is 0 Å². The molecule has 3 heterocycles. The molecule has 0 saturated carbocycles. The maximum absolute atomic E-state index is 15.1. The number of urea groups is 1. The molecule has 0 N–H and O–H groups in total. The lowest BCUT2D eigenvalue weighted by atomic mass is 9.71. The highest BCUT2D eigenvalue weighted by Crippen LogP contribution is 2.54. The number of pyridine rings is 1. The summed E-state index contributed by atoms with van der Waals surface area (Å²) in [4.78, 5) is 43.6. The molecule has 2 aromatic carbocycles. The Morgan fingerprint density at radius 3 is 2.00 bits per heavy atom. The van der Waals surface area contributed by atoms with Crippen LogP contribution in [-0.2, 0) is 32.1 Å². The van der Waals surface area contributed by atoms with Crippen molar-refractivity contribution in [3.8, 4) is 5.75 Å². The molecule has 3 amide bonds. The number of nitrogens with zero attached hydrogens (tertiary/aromatic N) is 5. The molecule has 0 spiro atoms. The lowest BCUT2D eigenvalue weighted by Gasteiger charge is -2.47. The number of amidine groups is 1. The van der Waals surface area contributed by atoms with Crippen molar-refractivity contribution in [2.24, 2.45) is 4.99 Å². The Labute approximate surface area is 302 Å². The predicted molar refractivity (Wildman–Crippen MR) is 197 cm³/mol. The van der Waals surface area contributed by atoms with Gasteiger partial charge in [0.2, 0.25) is 5.91 Å². The molecule has 0 bridgehead atoms. The molecular formula is C37H45Cl2N5O4S. The van der Waals surface area contributed by atoms with E-state index in [1.54, 1.807) is 27.2 Å². The summed E-state index contributed by atoms with van der Waals surface area (Å²) in [6, 6.07) is 16.8. The van der Waals surface area contributed by atoms with E-state index in [0.717, 1.165) is 16.8 Å². The minimum Gasteiger partial charge on any atom is -0.493 e. The van der Waals surface area contributed by atoms with Gasteiger partial charge in [0.15, 0.2) is 0 Å². The third-order valence-corrected chi connectivity index (χ3v) is 10.9. The number of aromatic nitrogens is 1. The van der Waals surface area contributed by atoms with Crippen LogP contribution < -0.4 is 4.74 Å². The van der Waals surface area contributed by atoms with Gasteiger partial charge in [-0.3, -0.25) is 23.9 Å². The van der Waals surface area contributed by atoms with Crippen LogP contribution in [0.4, 0.5) is 4.79 Å². The number of benzene rings is 2. The van der Waals surface area contributed by atoms with Gasteiger partial charge in [-0.25, -0.2) is 4.79 Å². The van der Waals surface area contributed by atoms with Crippen LogP contribution in [0.3, 0.4) is 0 Å². The Morgan fingerprint density at radius 2 is 1.47 bits per heavy atom. The molecule has 12 heteroatoms. The zero-order valence-electron chi connectivity index (χ0n) is 29.3. The minimum absolute atomic E-state index is 0.0570. The smallest absolute Gasteiger partial charge is 0.326 e. The summed E-state index contributed by atoms with van der Waals surface area (Å²) in [5.41, 5.74) is 0.838. The SMILES string of the molecule is CCOc1cc(C(C)(C)C)ncc1C1=N[C@@](C)(c2ccc(Cl)cc2)[C@@](C)(c2ccc(Cl)cc2)N1C(=O)N1CCN(C(=O)CCS(C)=O)CC1. The number of halogens is 2. The number of hydrogen-bond donors (Lipinski definition) is 0. The Balaban J connectivity index is 1.67. The second kappa shape index (κ2) is 14.4. The molecule has 3 atom stereocenters. The van der Waals surface area contributed by atoms with Gasteiger partial charge in [0.1, 0.15) is 22.7 Å². The van der Waals surface area contributed by atoms with Crippen LogP contribution in [0.5, 0.6) is 5.75 Å². The van der Waals surface area contributed by atoms with Gasteiger partial charge >= 0.3 is 6.03 Å². The van der Waals surface area contributed by atoms with E-state index in [-0.39, 0.29) is 23.8 Å². The molecule has 1 unspecified atom stereocenters. The Bertz CT molecular complexity index is 1750. The number of ether oxygens (including phenoxy) is 1. The first-order valence-electron chi connectivity index (χ1n) is 16.5. The van der Waals surface area contributed by atoms with E-state index < -0.39 is 21.9 Å². The number of hydrogen-bond acceptors (Lipinski definition) is 6. The van der Waals surface area contributed by atoms with Crippen molar-refractivity contribution >= 4 is 51.8 Å². The molecule has 2 aliphatic heterocycles. The standard InChI is InChI=1S/C37H45Cl2N5O4S/c1-8-48-30-23-31(35(2,3)4)40-24-29(30)33-41-36(5,25-9-13-27(38)14-10-25)37(6,26-11-15-28(39)16-12-26)44(33)34(46)43-20-18-42(19-21-43)32(45)17-22-49(7)47/h9-16,23-24H,8,17-22H2,1-7H3/t36-,37+,49?/m0/s1. The second-order valence-electron chi connectivity index (χ2n) is 13.9. The molecule has 2 aliphatic rings. The number of rotatable bonds is 8. The van der Waals surface area contributed by atoms with E-state index in [4.69, 9.17) is 37.9 Å². The first-order chi connectivity index (χ1) is 23.1. The molecule has 1 fully saturated rings. The highest BCUT2D eigenvalue weighted by molar-refractivity contribution is 7.84. The molecular weight excluding hydrogens is 681 g/mol. The summed E-state index contributed by atoms with van der Waals surface area (Å²) in [6.45, 7) is 14.1. The molecule has 5 rings (SSSR count). The summed E-state index contributed by atoms with van der Waals surface area (Å²) in [6.07, 6.45) is 3.57. The van der Waals surface area contributed by atoms with Crippen LogP contribution in [0.25, 0.3) is 0 Å². The van der Waals surface area contributed by atoms with E-state index in [9.17, 15) is 9.00 Å². The first-order valence-corrected chi connectivity index (χ1v) is 19.0. The Hall–Kier alpha value is -3.47. The van der Waals surface area contributed by atoms with Crippen LogP contribution >= 0.6 is 23.2 Å². The number of carbonyl (C=O) groups excluding carboxylic acids is 2. The molecule has 3 aromatic rings. The van der Waals surface area contributed by atoms with Crippen LogP contribution in [0.15, 0.2) is 65.8 Å². The summed E-state index contributed by atoms with van der Waals surface area (Å²) < 4.78 is 17.9. The van der Waals surface area contributed by atoms with Gasteiger partial charge in [0.25, 0.3) is 0 Å². The zero-order valence-corrected chi connectivity index (χ0v) is 31.6. The fourth-order valence-corrected chi connectivity index (χ4v) is 7.25. The average molecular weight is 727 g/mol. The van der Waals surface area contributed by atoms with Gasteiger partial charge in [-0.2, -0.15) is 0 Å². The van der Waals surface area contributed by atoms with Crippen molar-refractivity contribution in [2.75, 3.05) is 44.8 Å². The summed E-state index contributed by atoms with van der Waals surface area (Å²) in [5.74, 6) is 1.28. The quantitative estimate of drug-likeness (QED) is 0.249. The predicted octanol–water partition coefficient (Wildman–Crippen LogP) is 7.01. The van der Waals surface area contributed by atoms with Crippen molar-refractivity contribution < 1.29 is 18.5 Å². The van der Waals surface area contributed by atoms with Gasteiger partial charge in [0.05, 0.1) is 12.2 Å². The van der Waals surface area contributed by atoms with E-state index in [2.05, 4.69) is 20.8 Å². The number of amides is 3. The Kier molecular flexibility index (Phi) is 10.8. The lowest BCUT2D eigenvalue weighted by Crippen LogP contribution is -2.61. The van der Waals surface area contributed by atoms with Crippen molar-refractivity contribution in [1.29, 1.82) is 0 Å². The second-order valence-corrected chi connectivity index (χ2v) is 16.3. The van der Waals surface area contributed by atoms with Crippen LogP contribution in [0.2, 0.25) is 10.0 Å². The van der Waals surface area contributed by atoms with Crippen LogP contribution in [0, 0.1) is 0 Å². The lowest BCUT2D eigenvalue weighted by molar-refractivity contribution is -0.132. The maximum atomic E-state index is 15.1.